The second-order valence-corrected chi connectivity index (χ2v) is 5.98. The van der Waals surface area contributed by atoms with Crippen LogP contribution in [0, 0.1) is 11.7 Å². The molecule has 20 heavy (non-hydrogen) atoms. The summed E-state index contributed by atoms with van der Waals surface area (Å²) in [5, 5.41) is 4.95. The number of benzene rings is 1. The van der Waals surface area contributed by atoms with Crippen LogP contribution in [0.5, 0.6) is 0 Å². The fourth-order valence-electron chi connectivity index (χ4n) is 2.22. The highest BCUT2D eigenvalue weighted by molar-refractivity contribution is 9.09. The molecular weight excluding hydrogens is 321 g/mol. The van der Waals surface area contributed by atoms with E-state index < -0.39 is 0 Å². The van der Waals surface area contributed by atoms with Gasteiger partial charge < -0.3 is 0 Å². The van der Waals surface area contributed by atoms with Crippen LogP contribution < -0.4 is 0 Å². The van der Waals surface area contributed by atoms with Crippen molar-refractivity contribution in [2.45, 2.75) is 32.7 Å². The third kappa shape index (κ3) is 3.66. The van der Waals surface area contributed by atoms with Crippen LogP contribution in [0.25, 0.3) is 0 Å². The van der Waals surface area contributed by atoms with E-state index in [0.717, 1.165) is 17.9 Å². The first kappa shape index (κ1) is 15.2. The van der Waals surface area contributed by atoms with E-state index in [1.54, 1.807) is 12.4 Å². The zero-order valence-corrected chi connectivity index (χ0v) is 13.3. The number of hydrogen-bond acceptors (Lipinski definition) is 2. The van der Waals surface area contributed by atoms with Gasteiger partial charge in [0.05, 0.1) is 0 Å². The molecule has 0 spiro atoms. The van der Waals surface area contributed by atoms with Crippen molar-refractivity contribution in [2.24, 2.45) is 5.92 Å². The Morgan fingerprint density at radius 1 is 1.30 bits per heavy atom. The van der Waals surface area contributed by atoms with Crippen LogP contribution in [-0.4, -0.2) is 20.1 Å². The zero-order chi connectivity index (χ0) is 14.5. The molecule has 1 aromatic heterocycles. The molecule has 3 nitrogen and oxygen atoms in total. The number of nitrogens with zero attached hydrogens (tertiary/aromatic N) is 3. The highest BCUT2D eigenvalue weighted by Crippen LogP contribution is 2.24. The molecule has 1 unspecified atom stereocenters. The molecule has 0 radical (unpaired) electrons. The maximum absolute atomic E-state index is 13.9. The Labute approximate surface area is 127 Å². The SMILES string of the molecule is CC(C)Cn1ncnc1CC(CBr)c1ccccc1F. The molecule has 2 rings (SSSR count). The lowest BCUT2D eigenvalue weighted by atomic mass is 9.97. The second-order valence-electron chi connectivity index (χ2n) is 5.33. The van der Waals surface area contributed by atoms with Gasteiger partial charge in [-0.15, -0.1) is 0 Å². The van der Waals surface area contributed by atoms with Crippen molar-refractivity contribution in [1.82, 2.24) is 14.8 Å². The van der Waals surface area contributed by atoms with Gasteiger partial charge >= 0.3 is 0 Å². The molecule has 0 saturated heterocycles. The summed E-state index contributed by atoms with van der Waals surface area (Å²) in [7, 11) is 0. The molecule has 0 aliphatic carbocycles. The van der Waals surface area contributed by atoms with Crippen LogP contribution in [0.15, 0.2) is 30.6 Å². The average Bonchev–Trinajstić information content (AvgIpc) is 2.83. The number of halogens is 2. The molecule has 0 aliphatic rings. The molecule has 1 heterocycles. The number of alkyl halides is 1. The Balaban J connectivity index is 2.19. The highest BCUT2D eigenvalue weighted by Gasteiger charge is 2.18. The quantitative estimate of drug-likeness (QED) is 0.749. The van der Waals surface area contributed by atoms with Gasteiger partial charge in [-0.2, -0.15) is 5.10 Å². The Hall–Kier alpha value is -1.23. The van der Waals surface area contributed by atoms with Gasteiger partial charge in [0.1, 0.15) is 18.0 Å². The summed E-state index contributed by atoms with van der Waals surface area (Å²) in [6.07, 6.45) is 2.25. The van der Waals surface area contributed by atoms with Crippen molar-refractivity contribution in [2.75, 3.05) is 5.33 Å². The number of rotatable bonds is 6. The summed E-state index contributed by atoms with van der Waals surface area (Å²) in [5.41, 5.74) is 0.725. The molecule has 5 heteroatoms. The minimum absolute atomic E-state index is 0.0614. The molecule has 0 N–H and O–H groups in total. The fraction of sp³-hybridized carbons (Fsp3) is 0.467. The van der Waals surface area contributed by atoms with Gasteiger partial charge in [-0.1, -0.05) is 48.0 Å². The molecule has 0 aliphatic heterocycles. The van der Waals surface area contributed by atoms with Crippen molar-refractivity contribution >= 4 is 15.9 Å². The van der Waals surface area contributed by atoms with Gasteiger partial charge in [0.15, 0.2) is 0 Å². The number of aromatic nitrogens is 3. The molecule has 0 saturated carbocycles. The highest BCUT2D eigenvalue weighted by atomic mass is 79.9. The summed E-state index contributed by atoms with van der Waals surface area (Å²) >= 11 is 3.48. The summed E-state index contributed by atoms with van der Waals surface area (Å²) in [6.45, 7) is 5.12. The minimum Gasteiger partial charge on any atom is -0.250 e. The van der Waals surface area contributed by atoms with Crippen molar-refractivity contribution < 1.29 is 4.39 Å². The van der Waals surface area contributed by atoms with Crippen molar-refractivity contribution in [3.05, 3.63) is 47.8 Å². The molecule has 1 aromatic carbocycles. The lowest BCUT2D eigenvalue weighted by Crippen LogP contribution is -2.15. The predicted octanol–water partition coefficient (Wildman–Crippen LogP) is 3.79. The van der Waals surface area contributed by atoms with Gasteiger partial charge in [-0.05, 0) is 17.5 Å². The van der Waals surface area contributed by atoms with Crippen LogP contribution in [0.3, 0.4) is 0 Å². The first-order chi connectivity index (χ1) is 9.61. The maximum atomic E-state index is 13.9. The summed E-state index contributed by atoms with van der Waals surface area (Å²) in [4.78, 5) is 4.32. The minimum atomic E-state index is -0.160. The van der Waals surface area contributed by atoms with E-state index in [1.807, 2.05) is 16.8 Å². The predicted molar refractivity (Wildman–Crippen MR) is 81.5 cm³/mol. The van der Waals surface area contributed by atoms with E-state index in [0.29, 0.717) is 17.7 Å². The van der Waals surface area contributed by atoms with Gasteiger partial charge in [0, 0.05) is 24.2 Å². The standard InChI is InChI=1S/C15H19BrFN3/c1-11(2)9-20-15(18-10-19-20)7-12(8-16)13-5-3-4-6-14(13)17/h3-6,10-12H,7-9H2,1-2H3. The van der Waals surface area contributed by atoms with E-state index in [9.17, 15) is 4.39 Å². The van der Waals surface area contributed by atoms with Crippen LogP contribution >= 0.6 is 15.9 Å². The zero-order valence-electron chi connectivity index (χ0n) is 11.8. The third-order valence-corrected chi connectivity index (χ3v) is 3.98. The van der Waals surface area contributed by atoms with Crippen molar-refractivity contribution in [3.8, 4) is 0 Å². The topological polar surface area (TPSA) is 30.7 Å². The van der Waals surface area contributed by atoms with Gasteiger partial charge in [0.2, 0.25) is 0 Å². The van der Waals surface area contributed by atoms with Gasteiger partial charge in [-0.25, -0.2) is 14.1 Å². The Morgan fingerprint density at radius 2 is 2.05 bits per heavy atom. The van der Waals surface area contributed by atoms with E-state index in [4.69, 9.17) is 0 Å². The summed E-state index contributed by atoms with van der Waals surface area (Å²) in [6, 6.07) is 6.92. The maximum Gasteiger partial charge on any atom is 0.138 e. The lowest BCUT2D eigenvalue weighted by molar-refractivity contribution is 0.460. The van der Waals surface area contributed by atoms with E-state index in [2.05, 4.69) is 39.9 Å². The first-order valence-electron chi connectivity index (χ1n) is 6.79. The van der Waals surface area contributed by atoms with E-state index >= 15 is 0 Å². The van der Waals surface area contributed by atoms with Crippen LogP contribution in [-0.2, 0) is 13.0 Å². The molecular formula is C15H19BrFN3. The lowest BCUT2D eigenvalue weighted by Gasteiger charge is -2.16. The van der Waals surface area contributed by atoms with Crippen molar-refractivity contribution in [3.63, 3.8) is 0 Å². The largest absolute Gasteiger partial charge is 0.250 e. The third-order valence-electron chi connectivity index (χ3n) is 3.19. The monoisotopic (exact) mass is 339 g/mol. The van der Waals surface area contributed by atoms with Crippen LogP contribution in [0.4, 0.5) is 4.39 Å². The molecule has 0 fully saturated rings. The summed E-state index contributed by atoms with van der Waals surface area (Å²) in [5.74, 6) is 1.32. The summed E-state index contributed by atoms with van der Waals surface area (Å²) < 4.78 is 15.8. The van der Waals surface area contributed by atoms with Crippen LogP contribution in [0.1, 0.15) is 31.2 Å². The van der Waals surface area contributed by atoms with Crippen LogP contribution in [0.2, 0.25) is 0 Å². The van der Waals surface area contributed by atoms with E-state index in [1.165, 1.54) is 6.07 Å². The van der Waals surface area contributed by atoms with Crippen molar-refractivity contribution in [1.29, 1.82) is 0 Å². The Morgan fingerprint density at radius 3 is 2.70 bits per heavy atom. The molecule has 0 amide bonds. The molecule has 0 bridgehead atoms. The fourth-order valence-corrected chi connectivity index (χ4v) is 2.80. The Bertz CT molecular complexity index is 554. The van der Waals surface area contributed by atoms with E-state index in [-0.39, 0.29) is 11.7 Å². The molecule has 108 valence electrons. The van der Waals surface area contributed by atoms with Gasteiger partial charge in [-0.3, -0.25) is 0 Å². The number of hydrogen-bond donors (Lipinski definition) is 0. The Kier molecular flexibility index (Phi) is 5.29. The molecule has 2 aromatic rings. The smallest absolute Gasteiger partial charge is 0.138 e. The van der Waals surface area contributed by atoms with Gasteiger partial charge in [0.25, 0.3) is 0 Å². The average molecular weight is 340 g/mol. The first-order valence-corrected chi connectivity index (χ1v) is 7.91. The normalized spacial score (nSPS) is 12.8. The second kappa shape index (κ2) is 6.97. The molecule has 1 atom stereocenters.